The molecule has 5 aliphatic rings. The monoisotopic (exact) mass is 427 g/mol. The zero-order valence-electron chi connectivity index (χ0n) is 16.6. The molecule has 29 heavy (non-hydrogen) atoms. The van der Waals surface area contributed by atoms with Crippen LogP contribution < -0.4 is 9.47 Å². The number of likely N-dealkylation sites (tertiary alicyclic amines) is 1. The first kappa shape index (κ1) is 19.7. The number of phenolic OH excluding ortho intramolecular Hbond substituents is 1. The van der Waals surface area contributed by atoms with Gasteiger partial charge in [-0.3, -0.25) is 4.90 Å². The Hall–Kier alpha value is -1.27. The minimum atomic E-state index is -2.86. The standard InChI is InChI=1S/C22H27F2NO3.ClH/c1-27-17-10-16(26)13-9-15-14-5-6-22(23,24)20-21(14,18(13)19(17)28-20)7-8-25(15)11-12-3-2-4-12;/h10,12,14-15,20,26H,2-9,11H2,1H3;1H/t14-,15+,20+,21-;/m0./s1. The van der Waals surface area contributed by atoms with E-state index in [2.05, 4.69) is 4.90 Å². The number of methoxy groups -OCH3 is 1. The molecule has 3 fully saturated rings. The molecule has 2 bridgehead atoms. The number of hydrogen-bond acceptors (Lipinski definition) is 4. The van der Waals surface area contributed by atoms with Gasteiger partial charge in [0.15, 0.2) is 17.6 Å². The van der Waals surface area contributed by atoms with E-state index < -0.39 is 17.4 Å². The topological polar surface area (TPSA) is 41.9 Å². The zero-order valence-corrected chi connectivity index (χ0v) is 17.4. The molecule has 1 saturated heterocycles. The van der Waals surface area contributed by atoms with Crippen LogP contribution in [-0.2, 0) is 11.8 Å². The van der Waals surface area contributed by atoms with Gasteiger partial charge < -0.3 is 14.6 Å². The molecule has 2 heterocycles. The Morgan fingerprint density at radius 1 is 1.28 bits per heavy atom. The van der Waals surface area contributed by atoms with Crippen molar-refractivity contribution in [2.45, 2.75) is 68.4 Å². The first-order chi connectivity index (χ1) is 13.5. The van der Waals surface area contributed by atoms with Crippen molar-refractivity contribution in [3.63, 3.8) is 0 Å². The van der Waals surface area contributed by atoms with E-state index in [1.54, 1.807) is 6.07 Å². The lowest BCUT2D eigenvalue weighted by atomic mass is 9.51. The summed E-state index contributed by atoms with van der Waals surface area (Å²) in [5.74, 6) is -0.946. The lowest BCUT2D eigenvalue weighted by molar-refractivity contribution is -0.183. The van der Waals surface area contributed by atoms with Crippen LogP contribution in [0.3, 0.4) is 0 Å². The number of piperidine rings is 1. The highest BCUT2D eigenvalue weighted by Crippen LogP contribution is 2.67. The van der Waals surface area contributed by atoms with Gasteiger partial charge >= 0.3 is 0 Å². The highest BCUT2D eigenvalue weighted by atomic mass is 35.5. The molecular weight excluding hydrogens is 400 g/mol. The summed E-state index contributed by atoms with van der Waals surface area (Å²) in [6.45, 7) is 1.91. The van der Waals surface area contributed by atoms with Crippen molar-refractivity contribution in [2.75, 3.05) is 20.2 Å². The summed E-state index contributed by atoms with van der Waals surface area (Å²) in [5.41, 5.74) is 0.950. The van der Waals surface area contributed by atoms with E-state index in [4.69, 9.17) is 9.47 Å². The summed E-state index contributed by atoms with van der Waals surface area (Å²) in [7, 11) is 1.50. The lowest BCUT2D eigenvalue weighted by Crippen LogP contribution is -2.68. The van der Waals surface area contributed by atoms with Gasteiger partial charge in [0, 0.05) is 41.6 Å². The van der Waals surface area contributed by atoms with Crippen molar-refractivity contribution in [1.82, 2.24) is 4.90 Å². The van der Waals surface area contributed by atoms with E-state index >= 15 is 8.78 Å². The predicted octanol–water partition coefficient (Wildman–Crippen LogP) is 4.30. The molecule has 1 aromatic rings. The fourth-order valence-corrected chi connectivity index (χ4v) is 7.01. The second-order valence-corrected chi connectivity index (χ2v) is 9.54. The molecule has 6 rings (SSSR count). The molecule has 2 aliphatic heterocycles. The fourth-order valence-electron chi connectivity index (χ4n) is 7.01. The van der Waals surface area contributed by atoms with Crippen molar-refractivity contribution in [3.05, 3.63) is 17.2 Å². The number of ether oxygens (including phenoxy) is 2. The molecule has 3 aliphatic carbocycles. The first-order valence-corrected chi connectivity index (χ1v) is 10.7. The predicted molar refractivity (Wildman–Crippen MR) is 107 cm³/mol. The van der Waals surface area contributed by atoms with Gasteiger partial charge in [-0.2, -0.15) is 0 Å². The number of benzene rings is 1. The van der Waals surface area contributed by atoms with Crippen LogP contribution in [-0.4, -0.2) is 48.3 Å². The molecule has 1 spiro atoms. The van der Waals surface area contributed by atoms with E-state index in [9.17, 15) is 5.11 Å². The van der Waals surface area contributed by atoms with Crippen LogP contribution in [0.4, 0.5) is 8.78 Å². The zero-order chi connectivity index (χ0) is 19.3. The van der Waals surface area contributed by atoms with E-state index in [-0.39, 0.29) is 36.5 Å². The number of nitrogens with zero attached hydrogens (tertiary/aromatic N) is 1. The van der Waals surface area contributed by atoms with Crippen LogP contribution in [0.2, 0.25) is 0 Å². The van der Waals surface area contributed by atoms with Gasteiger partial charge in [-0.05, 0) is 50.5 Å². The number of halogens is 3. The number of hydrogen-bond donors (Lipinski definition) is 1. The Balaban J connectivity index is 0.00000181. The highest BCUT2D eigenvalue weighted by molar-refractivity contribution is 5.85. The Kier molecular flexibility index (Phi) is 4.32. The minimum absolute atomic E-state index is 0. The van der Waals surface area contributed by atoms with Gasteiger partial charge in [0.1, 0.15) is 5.75 Å². The molecule has 160 valence electrons. The second kappa shape index (κ2) is 6.36. The third kappa shape index (κ3) is 2.39. The summed E-state index contributed by atoms with van der Waals surface area (Å²) in [4.78, 5) is 2.55. The summed E-state index contributed by atoms with van der Waals surface area (Å²) in [6.07, 6.45) is 4.54. The average molecular weight is 428 g/mol. The molecule has 1 N–H and O–H groups in total. The van der Waals surface area contributed by atoms with Gasteiger partial charge in [0.2, 0.25) is 0 Å². The van der Waals surface area contributed by atoms with Crippen molar-refractivity contribution in [3.8, 4) is 17.2 Å². The maximum atomic E-state index is 15.1. The van der Waals surface area contributed by atoms with E-state index in [0.29, 0.717) is 24.3 Å². The molecular formula is C22H28ClF2NO3. The molecule has 0 aromatic heterocycles. The minimum Gasteiger partial charge on any atom is -0.508 e. The highest BCUT2D eigenvalue weighted by Gasteiger charge is 2.71. The van der Waals surface area contributed by atoms with Crippen molar-refractivity contribution >= 4 is 12.4 Å². The Morgan fingerprint density at radius 3 is 2.76 bits per heavy atom. The van der Waals surface area contributed by atoms with E-state index in [1.807, 2.05) is 0 Å². The summed E-state index contributed by atoms with van der Waals surface area (Å²) >= 11 is 0. The lowest BCUT2D eigenvalue weighted by Gasteiger charge is -2.60. The SMILES string of the molecule is COc1cc(O)c2c3c1O[C@H]1C(F)(F)CC[C@H]4[C@@H](C2)N(CC2CCC2)CC[C@@]341.Cl. The summed E-state index contributed by atoms with van der Waals surface area (Å²) in [6, 6.07) is 1.77. The normalized spacial score (nSPS) is 36.4. The molecule has 0 amide bonds. The Morgan fingerprint density at radius 2 is 2.07 bits per heavy atom. The Labute approximate surface area is 176 Å². The smallest absolute Gasteiger partial charge is 0.285 e. The van der Waals surface area contributed by atoms with Crippen LogP contribution in [0.15, 0.2) is 6.07 Å². The van der Waals surface area contributed by atoms with Crippen molar-refractivity contribution in [2.24, 2.45) is 11.8 Å². The molecule has 1 aromatic carbocycles. The van der Waals surface area contributed by atoms with Crippen molar-refractivity contribution in [1.29, 1.82) is 0 Å². The molecule has 4 atom stereocenters. The van der Waals surface area contributed by atoms with E-state index in [1.165, 1.54) is 26.4 Å². The maximum absolute atomic E-state index is 15.1. The molecule has 2 saturated carbocycles. The van der Waals surface area contributed by atoms with Crippen LogP contribution in [0, 0.1) is 11.8 Å². The number of alkyl halides is 2. The van der Waals surface area contributed by atoms with Crippen molar-refractivity contribution < 1.29 is 23.4 Å². The quantitative estimate of drug-likeness (QED) is 0.781. The molecule has 7 heteroatoms. The largest absolute Gasteiger partial charge is 0.508 e. The maximum Gasteiger partial charge on any atom is 0.285 e. The summed E-state index contributed by atoms with van der Waals surface area (Å²) in [5, 5.41) is 10.8. The van der Waals surface area contributed by atoms with Gasteiger partial charge in [-0.1, -0.05) is 6.42 Å². The van der Waals surface area contributed by atoms with Crippen LogP contribution in [0.25, 0.3) is 0 Å². The van der Waals surface area contributed by atoms with Crippen LogP contribution in [0.1, 0.15) is 49.7 Å². The van der Waals surface area contributed by atoms with E-state index in [0.717, 1.165) is 36.6 Å². The van der Waals surface area contributed by atoms with Gasteiger partial charge in [-0.15, -0.1) is 12.4 Å². The molecule has 0 radical (unpaired) electrons. The Bertz CT molecular complexity index is 846. The first-order valence-electron chi connectivity index (χ1n) is 10.7. The number of phenols is 1. The summed E-state index contributed by atoms with van der Waals surface area (Å²) < 4.78 is 41.6. The molecule has 0 unspecified atom stereocenters. The van der Waals surface area contributed by atoms with Crippen LogP contribution >= 0.6 is 12.4 Å². The van der Waals surface area contributed by atoms with Gasteiger partial charge in [-0.25, -0.2) is 8.78 Å². The van der Waals surface area contributed by atoms with Crippen LogP contribution in [0.5, 0.6) is 17.2 Å². The third-order valence-corrected chi connectivity index (χ3v) is 8.43. The van der Waals surface area contributed by atoms with Gasteiger partial charge in [0.25, 0.3) is 5.92 Å². The number of aromatic hydroxyl groups is 1. The third-order valence-electron chi connectivity index (χ3n) is 8.43. The fraction of sp³-hybridized carbons (Fsp3) is 0.727. The average Bonchev–Trinajstić information content (AvgIpc) is 2.97. The second-order valence-electron chi connectivity index (χ2n) is 9.54. The molecule has 4 nitrogen and oxygen atoms in total. The number of rotatable bonds is 3. The van der Waals surface area contributed by atoms with Gasteiger partial charge in [0.05, 0.1) is 7.11 Å².